The summed E-state index contributed by atoms with van der Waals surface area (Å²) in [7, 11) is 3.57. The van der Waals surface area contributed by atoms with E-state index in [2.05, 4.69) is 15.2 Å². The van der Waals surface area contributed by atoms with Gasteiger partial charge in [-0.25, -0.2) is 4.99 Å². The number of nitrogens with one attached hydrogen (secondary N) is 1. The Morgan fingerprint density at radius 1 is 1.19 bits per heavy atom. The number of hydrogen-bond donors (Lipinski definition) is 1. The molecule has 120 valence electrons. The summed E-state index contributed by atoms with van der Waals surface area (Å²) in [5, 5.41) is 3.51. The minimum absolute atomic E-state index is 0. The molecule has 1 amide bonds. The van der Waals surface area contributed by atoms with E-state index in [-0.39, 0.29) is 36.4 Å². The number of carbonyl (C=O) groups is 1. The van der Waals surface area contributed by atoms with Gasteiger partial charge in [0.1, 0.15) is 6.54 Å². The van der Waals surface area contributed by atoms with Crippen molar-refractivity contribution in [2.75, 3.05) is 33.7 Å². The van der Waals surface area contributed by atoms with Crippen molar-refractivity contribution in [1.29, 1.82) is 0 Å². The van der Waals surface area contributed by atoms with Crippen LogP contribution in [0.5, 0.6) is 0 Å². The summed E-state index contributed by atoms with van der Waals surface area (Å²) in [6.45, 7) is 2.47. The molecule has 3 aliphatic rings. The molecule has 2 aliphatic carbocycles. The van der Waals surface area contributed by atoms with Crippen LogP contribution in [0.25, 0.3) is 0 Å². The Balaban J connectivity index is 0.00000161. The van der Waals surface area contributed by atoms with Crippen molar-refractivity contribution >= 4 is 35.8 Å². The Kier molecular flexibility index (Phi) is 5.73. The van der Waals surface area contributed by atoms with Crippen molar-refractivity contribution in [2.45, 2.75) is 38.1 Å². The average molecular weight is 406 g/mol. The number of likely N-dealkylation sites (N-methyl/N-ethyl adjacent to an activating group) is 1. The number of rotatable bonds is 4. The van der Waals surface area contributed by atoms with Gasteiger partial charge in [0.15, 0.2) is 5.96 Å². The first-order valence-corrected chi connectivity index (χ1v) is 7.89. The Morgan fingerprint density at radius 2 is 1.90 bits per heavy atom. The minimum Gasteiger partial charge on any atom is -0.353 e. The monoisotopic (exact) mass is 406 g/mol. The summed E-state index contributed by atoms with van der Waals surface area (Å²) in [5.41, 5.74) is 0. The summed E-state index contributed by atoms with van der Waals surface area (Å²) < 4.78 is 0. The maximum atomic E-state index is 11.7. The van der Waals surface area contributed by atoms with E-state index in [4.69, 9.17) is 0 Å². The van der Waals surface area contributed by atoms with Gasteiger partial charge < -0.3 is 15.1 Å². The van der Waals surface area contributed by atoms with Crippen LogP contribution in [-0.2, 0) is 4.79 Å². The summed E-state index contributed by atoms with van der Waals surface area (Å²) in [6, 6.07) is 0.586. The van der Waals surface area contributed by atoms with Crippen LogP contribution in [0.4, 0.5) is 0 Å². The van der Waals surface area contributed by atoms with Crippen molar-refractivity contribution in [3.05, 3.63) is 0 Å². The minimum atomic E-state index is 0. The molecule has 0 radical (unpaired) electrons. The Hall–Kier alpha value is -0.530. The topological polar surface area (TPSA) is 47.9 Å². The molecule has 1 N–H and O–H groups in total. The van der Waals surface area contributed by atoms with Crippen LogP contribution >= 0.6 is 24.0 Å². The molecule has 3 rings (SSSR count). The fourth-order valence-electron chi connectivity index (χ4n) is 2.86. The van der Waals surface area contributed by atoms with Gasteiger partial charge in [-0.15, -0.1) is 24.0 Å². The fourth-order valence-corrected chi connectivity index (χ4v) is 2.86. The van der Waals surface area contributed by atoms with E-state index in [0.29, 0.717) is 6.04 Å². The first kappa shape index (κ1) is 16.8. The van der Waals surface area contributed by atoms with Gasteiger partial charge in [-0.05, 0) is 43.9 Å². The van der Waals surface area contributed by atoms with E-state index >= 15 is 0 Å². The van der Waals surface area contributed by atoms with Crippen LogP contribution in [0.2, 0.25) is 0 Å². The van der Waals surface area contributed by atoms with Crippen molar-refractivity contribution in [1.82, 2.24) is 15.1 Å². The molecule has 2 saturated carbocycles. The standard InChI is InChI=1S/C15H26N4O.HI/c1-18(2)14(20)9-16-15(17-13-5-6-13)19-8-7-12(10-19)11-3-4-11;/h11-13H,3-10H2,1-2H3,(H,16,17);1H. The van der Waals surface area contributed by atoms with Crippen molar-refractivity contribution in [3.8, 4) is 0 Å². The Morgan fingerprint density at radius 3 is 2.48 bits per heavy atom. The first-order valence-electron chi connectivity index (χ1n) is 7.89. The molecule has 1 saturated heterocycles. The number of carbonyl (C=O) groups excluding carboxylic acids is 1. The second-order valence-corrected chi connectivity index (χ2v) is 6.68. The smallest absolute Gasteiger partial charge is 0.243 e. The third kappa shape index (κ3) is 4.72. The van der Waals surface area contributed by atoms with Gasteiger partial charge in [-0.2, -0.15) is 0 Å². The number of nitrogens with zero attached hydrogens (tertiary/aromatic N) is 3. The normalized spacial score (nSPS) is 25.5. The van der Waals surface area contributed by atoms with Crippen LogP contribution in [0, 0.1) is 11.8 Å². The van der Waals surface area contributed by atoms with Crippen LogP contribution in [0.15, 0.2) is 4.99 Å². The largest absolute Gasteiger partial charge is 0.353 e. The highest BCUT2D eigenvalue weighted by Gasteiger charge is 2.37. The van der Waals surface area contributed by atoms with Gasteiger partial charge in [-0.1, -0.05) is 0 Å². The van der Waals surface area contributed by atoms with Crippen LogP contribution in [-0.4, -0.2) is 61.4 Å². The summed E-state index contributed by atoms with van der Waals surface area (Å²) in [4.78, 5) is 20.3. The van der Waals surface area contributed by atoms with Gasteiger partial charge >= 0.3 is 0 Å². The van der Waals surface area contributed by atoms with E-state index in [1.54, 1.807) is 19.0 Å². The number of aliphatic imine (C=N–C) groups is 1. The lowest BCUT2D eigenvalue weighted by atomic mass is 10.0. The van der Waals surface area contributed by atoms with E-state index in [0.717, 1.165) is 30.9 Å². The molecule has 0 aromatic rings. The summed E-state index contributed by atoms with van der Waals surface area (Å²) in [6.07, 6.45) is 6.60. The molecule has 1 unspecified atom stereocenters. The van der Waals surface area contributed by atoms with Crippen molar-refractivity contribution in [2.24, 2.45) is 16.8 Å². The second kappa shape index (κ2) is 7.15. The number of amides is 1. The highest BCUT2D eigenvalue weighted by Crippen LogP contribution is 2.41. The predicted octanol–water partition coefficient (Wildman–Crippen LogP) is 1.53. The fraction of sp³-hybridized carbons (Fsp3) is 0.867. The average Bonchev–Trinajstić information content (AvgIpc) is 3.35. The zero-order chi connectivity index (χ0) is 14.1. The van der Waals surface area contributed by atoms with Gasteiger partial charge in [0.25, 0.3) is 0 Å². The predicted molar refractivity (Wildman–Crippen MR) is 95.0 cm³/mol. The first-order chi connectivity index (χ1) is 9.63. The van der Waals surface area contributed by atoms with E-state index in [1.807, 2.05) is 0 Å². The third-order valence-corrected chi connectivity index (χ3v) is 4.59. The molecule has 1 heterocycles. The maximum Gasteiger partial charge on any atom is 0.243 e. The molecule has 1 atom stereocenters. The zero-order valence-electron chi connectivity index (χ0n) is 13.0. The van der Waals surface area contributed by atoms with Gasteiger partial charge in [0.05, 0.1) is 0 Å². The zero-order valence-corrected chi connectivity index (χ0v) is 15.4. The van der Waals surface area contributed by atoms with Crippen molar-refractivity contribution in [3.63, 3.8) is 0 Å². The Labute approximate surface area is 144 Å². The number of guanidine groups is 1. The molecule has 1 aliphatic heterocycles. The molecule has 6 heteroatoms. The highest BCUT2D eigenvalue weighted by atomic mass is 127. The molecule has 0 aromatic heterocycles. The van der Waals surface area contributed by atoms with Crippen LogP contribution in [0.1, 0.15) is 32.1 Å². The van der Waals surface area contributed by atoms with E-state index in [9.17, 15) is 4.79 Å². The van der Waals surface area contributed by atoms with E-state index < -0.39 is 0 Å². The van der Waals surface area contributed by atoms with Gasteiger partial charge in [-0.3, -0.25) is 4.79 Å². The van der Waals surface area contributed by atoms with Crippen LogP contribution < -0.4 is 5.32 Å². The molecule has 5 nitrogen and oxygen atoms in total. The van der Waals surface area contributed by atoms with Crippen LogP contribution in [0.3, 0.4) is 0 Å². The van der Waals surface area contributed by atoms with Gasteiger partial charge in [0.2, 0.25) is 5.91 Å². The van der Waals surface area contributed by atoms with Crippen molar-refractivity contribution < 1.29 is 4.79 Å². The lowest BCUT2D eigenvalue weighted by Gasteiger charge is -2.22. The molecule has 3 fully saturated rings. The maximum absolute atomic E-state index is 11.7. The molecule has 0 aromatic carbocycles. The molecule has 0 bridgehead atoms. The third-order valence-electron chi connectivity index (χ3n) is 4.59. The highest BCUT2D eigenvalue weighted by molar-refractivity contribution is 14.0. The lowest BCUT2D eigenvalue weighted by Crippen LogP contribution is -2.42. The molecular formula is C15H27IN4O. The summed E-state index contributed by atoms with van der Waals surface area (Å²) in [5.74, 6) is 2.85. The molecule has 0 spiro atoms. The lowest BCUT2D eigenvalue weighted by molar-refractivity contribution is -0.127. The second-order valence-electron chi connectivity index (χ2n) is 6.68. The number of hydrogen-bond acceptors (Lipinski definition) is 2. The SMILES string of the molecule is CN(C)C(=O)CN=C(NC1CC1)N1CCC(C2CC2)C1.I. The van der Waals surface area contributed by atoms with Gasteiger partial charge in [0, 0.05) is 33.2 Å². The Bertz CT molecular complexity index is 404. The molecular weight excluding hydrogens is 379 g/mol. The quantitative estimate of drug-likeness (QED) is 0.438. The number of halogens is 1. The van der Waals surface area contributed by atoms with E-state index in [1.165, 1.54) is 32.1 Å². The summed E-state index contributed by atoms with van der Waals surface area (Å²) >= 11 is 0. The number of likely N-dealkylation sites (tertiary alicyclic amines) is 1. The molecule has 21 heavy (non-hydrogen) atoms.